The Morgan fingerprint density at radius 2 is 1.86 bits per heavy atom. The quantitative estimate of drug-likeness (QED) is 0.757. The number of carbonyl (C=O) groups is 2. The summed E-state index contributed by atoms with van der Waals surface area (Å²) in [4.78, 5) is 25.7. The number of hydrogen-bond donors (Lipinski definition) is 2. The third-order valence-corrected chi connectivity index (χ3v) is 4.30. The zero-order valence-corrected chi connectivity index (χ0v) is 12.9. The summed E-state index contributed by atoms with van der Waals surface area (Å²) in [5.74, 6) is 0.234. The first kappa shape index (κ1) is 16.2. The van der Waals surface area contributed by atoms with Gasteiger partial charge in [-0.2, -0.15) is 0 Å². The third kappa shape index (κ3) is 4.97. The molecule has 2 rings (SSSR count). The fourth-order valence-corrected chi connectivity index (χ4v) is 2.95. The van der Waals surface area contributed by atoms with Crippen LogP contribution in [-0.4, -0.2) is 62.1 Å². The molecule has 2 amide bonds. The lowest BCUT2D eigenvalue weighted by atomic mass is 9.96. The highest BCUT2D eigenvalue weighted by molar-refractivity contribution is 5.80. The van der Waals surface area contributed by atoms with Gasteiger partial charge in [0.2, 0.25) is 11.8 Å². The van der Waals surface area contributed by atoms with Crippen molar-refractivity contribution in [2.24, 2.45) is 5.92 Å². The molecule has 0 unspecified atom stereocenters. The highest BCUT2D eigenvalue weighted by atomic mass is 16.5. The van der Waals surface area contributed by atoms with Crippen LogP contribution >= 0.6 is 0 Å². The van der Waals surface area contributed by atoms with Gasteiger partial charge < -0.3 is 20.3 Å². The normalized spacial score (nSPS) is 21.3. The average Bonchev–Trinajstić information content (AvgIpc) is 2.54. The van der Waals surface area contributed by atoms with E-state index in [1.807, 2.05) is 11.8 Å². The fourth-order valence-electron chi connectivity index (χ4n) is 2.95. The van der Waals surface area contributed by atoms with Crippen LogP contribution in [0.25, 0.3) is 0 Å². The summed E-state index contributed by atoms with van der Waals surface area (Å²) in [6.45, 7) is 6.03. The Morgan fingerprint density at radius 3 is 2.48 bits per heavy atom. The van der Waals surface area contributed by atoms with Crippen LogP contribution in [0.5, 0.6) is 0 Å². The maximum Gasteiger partial charge on any atom is 0.248 e. The Kier molecular flexibility index (Phi) is 6.45. The van der Waals surface area contributed by atoms with Gasteiger partial charge in [0.1, 0.15) is 6.61 Å². The Morgan fingerprint density at radius 1 is 1.19 bits per heavy atom. The molecule has 2 heterocycles. The van der Waals surface area contributed by atoms with Crippen LogP contribution in [0.1, 0.15) is 32.6 Å². The van der Waals surface area contributed by atoms with Crippen molar-refractivity contribution < 1.29 is 14.3 Å². The summed E-state index contributed by atoms with van der Waals surface area (Å²) >= 11 is 0. The molecular formula is C15H27N3O3. The first-order valence-electron chi connectivity index (χ1n) is 8.08. The SMILES string of the molecule is CCNC(=O)C1CCN(C(=O)COC2CCNCC2)CC1. The zero-order valence-electron chi connectivity index (χ0n) is 12.9. The first-order valence-corrected chi connectivity index (χ1v) is 8.08. The molecule has 0 atom stereocenters. The number of piperidine rings is 2. The Balaban J connectivity index is 1.66. The van der Waals surface area contributed by atoms with Gasteiger partial charge in [-0.1, -0.05) is 0 Å². The van der Waals surface area contributed by atoms with Crippen molar-refractivity contribution in [3.63, 3.8) is 0 Å². The van der Waals surface area contributed by atoms with Crippen molar-refractivity contribution in [3.8, 4) is 0 Å². The molecule has 0 aliphatic carbocycles. The minimum Gasteiger partial charge on any atom is -0.368 e. The monoisotopic (exact) mass is 297 g/mol. The lowest BCUT2D eigenvalue weighted by molar-refractivity contribution is -0.141. The molecular weight excluding hydrogens is 270 g/mol. The van der Waals surface area contributed by atoms with Gasteiger partial charge in [0, 0.05) is 25.6 Å². The summed E-state index contributed by atoms with van der Waals surface area (Å²) in [6, 6.07) is 0. The molecule has 0 aromatic rings. The molecule has 21 heavy (non-hydrogen) atoms. The van der Waals surface area contributed by atoms with Crippen LogP contribution in [0, 0.1) is 5.92 Å². The second-order valence-corrected chi connectivity index (χ2v) is 5.81. The number of carbonyl (C=O) groups excluding carboxylic acids is 2. The highest BCUT2D eigenvalue weighted by Gasteiger charge is 2.27. The van der Waals surface area contributed by atoms with Crippen LogP contribution in [0.2, 0.25) is 0 Å². The molecule has 2 fully saturated rings. The molecule has 0 aromatic heterocycles. The van der Waals surface area contributed by atoms with Crippen LogP contribution in [0.15, 0.2) is 0 Å². The standard InChI is InChI=1S/C15H27N3O3/c1-2-17-15(20)12-5-9-18(10-6-12)14(19)11-21-13-3-7-16-8-4-13/h12-13,16H,2-11H2,1H3,(H,17,20). The molecule has 6 heteroatoms. The molecule has 0 aromatic carbocycles. The summed E-state index contributed by atoms with van der Waals surface area (Å²) in [5, 5.41) is 6.13. The molecule has 2 N–H and O–H groups in total. The van der Waals surface area contributed by atoms with Gasteiger partial charge in [0.25, 0.3) is 0 Å². The molecule has 2 aliphatic heterocycles. The fraction of sp³-hybridized carbons (Fsp3) is 0.867. The Labute approximate surface area is 126 Å². The van der Waals surface area contributed by atoms with Gasteiger partial charge in [-0.15, -0.1) is 0 Å². The van der Waals surface area contributed by atoms with Crippen LogP contribution in [-0.2, 0) is 14.3 Å². The van der Waals surface area contributed by atoms with E-state index in [-0.39, 0.29) is 30.4 Å². The van der Waals surface area contributed by atoms with Crippen LogP contribution in [0.3, 0.4) is 0 Å². The molecule has 2 aliphatic rings. The van der Waals surface area contributed by atoms with E-state index in [0.717, 1.165) is 38.8 Å². The van der Waals surface area contributed by atoms with Gasteiger partial charge >= 0.3 is 0 Å². The number of rotatable bonds is 5. The number of likely N-dealkylation sites (tertiary alicyclic amines) is 1. The maximum absolute atomic E-state index is 12.1. The van der Waals surface area contributed by atoms with Gasteiger partial charge in [-0.25, -0.2) is 0 Å². The van der Waals surface area contributed by atoms with Crippen molar-refractivity contribution in [2.45, 2.75) is 38.7 Å². The Bertz CT molecular complexity index is 348. The van der Waals surface area contributed by atoms with Gasteiger partial charge in [0.15, 0.2) is 0 Å². The number of amides is 2. The molecule has 0 bridgehead atoms. The summed E-state index contributed by atoms with van der Waals surface area (Å²) in [7, 11) is 0. The van der Waals surface area contributed by atoms with Gasteiger partial charge in [-0.3, -0.25) is 9.59 Å². The van der Waals surface area contributed by atoms with E-state index in [0.29, 0.717) is 19.6 Å². The highest BCUT2D eigenvalue weighted by Crippen LogP contribution is 2.17. The second-order valence-electron chi connectivity index (χ2n) is 5.81. The molecule has 0 radical (unpaired) electrons. The molecule has 120 valence electrons. The smallest absolute Gasteiger partial charge is 0.248 e. The van der Waals surface area contributed by atoms with E-state index in [1.165, 1.54) is 0 Å². The van der Waals surface area contributed by atoms with E-state index in [9.17, 15) is 9.59 Å². The topological polar surface area (TPSA) is 70.7 Å². The largest absolute Gasteiger partial charge is 0.368 e. The van der Waals surface area contributed by atoms with Crippen LogP contribution < -0.4 is 10.6 Å². The van der Waals surface area contributed by atoms with E-state index < -0.39 is 0 Å². The van der Waals surface area contributed by atoms with Crippen molar-refractivity contribution in [1.29, 1.82) is 0 Å². The molecule has 2 saturated heterocycles. The number of nitrogens with one attached hydrogen (secondary N) is 2. The van der Waals surface area contributed by atoms with E-state index in [4.69, 9.17) is 4.74 Å². The minimum atomic E-state index is 0.0549. The van der Waals surface area contributed by atoms with Gasteiger partial charge in [0.05, 0.1) is 6.10 Å². The van der Waals surface area contributed by atoms with Crippen molar-refractivity contribution in [1.82, 2.24) is 15.5 Å². The minimum absolute atomic E-state index is 0.0549. The molecule has 0 spiro atoms. The van der Waals surface area contributed by atoms with E-state index in [2.05, 4.69) is 10.6 Å². The number of ether oxygens (including phenoxy) is 1. The second kappa shape index (κ2) is 8.34. The predicted molar refractivity (Wildman–Crippen MR) is 79.8 cm³/mol. The predicted octanol–water partition coefficient (Wildman–Crippen LogP) is 0.130. The van der Waals surface area contributed by atoms with Crippen LogP contribution in [0.4, 0.5) is 0 Å². The molecule has 0 saturated carbocycles. The summed E-state index contributed by atoms with van der Waals surface area (Å²) < 4.78 is 5.70. The van der Waals surface area contributed by atoms with Gasteiger partial charge in [-0.05, 0) is 45.7 Å². The Hall–Kier alpha value is -1.14. The van der Waals surface area contributed by atoms with E-state index in [1.54, 1.807) is 0 Å². The summed E-state index contributed by atoms with van der Waals surface area (Å²) in [5.41, 5.74) is 0. The first-order chi connectivity index (χ1) is 10.2. The van der Waals surface area contributed by atoms with E-state index >= 15 is 0 Å². The lowest BCUT2D eigenvalue weighted by Crippen LogP contribution is -2.44. The van der Waals surface area contributed by atoms with Crippen molar-refractivity contribution in [3.05, 3.63) is 0 Å². The maximum atomic E-state index is 12.1. The van der Waals surface area contributed by atoms with Crippen molar-refractivity contribution in [2.75, 3.05) is 39.3 Å². The average molecular weight is 297 g/mol. The third-order valence-electron chi connectivity index (χ3n) is 4.30. The van der Waals surface area contributed by atoms with Crippen molar-refractivity contribution >= 4 is 11.8 Å². The summed E-state index contributed by atoms with van der Waals surface area (Å²) in [6.07, 6.45) is 3.68. The zero-order chi connectivity index (χ0) is 15.1. The molecule has 6 nitrogen and oxygen atoms in total. The lowest BCUT2D eigenvalue weighted by Gasteiger charge is -2.32. The number of nitrogens with zero attached hydrogens (tertiary/aromatic N) is 1. The number of hydrogen-bond acceptors (Lipinski definition) is 4.